The average Bonchev–Trinajstić information content (AvgIpc) is 2.17. The molecule has 0 aliphatic carbocycles. The van der Waals surface area contributed by atoms with Crippen molar-refractivity contribution in [1.29, 1.82) is 0 Å². The first-order chi connectivity index (χ1) is 6.81. The molecule has 2 rings (SSSR count). The van der Waals surface area contributed by atoms with Gasteiger partial charge in [0.1, 0.15) is 0 Å². The molecule has 2 fully saturated rings. The van der Waals surface area contributed by atoms with Gasteiger partial charge < -0.3 is 13.8 Å². The molecule has 0 unspecified atom stereocenters. The molecule has 0 radical (unpaired) electrons. The van der Waals surface area contributed by atoms with Gasteiger partial charge in [0.05, 0.1) is 0 Å². The predicted octanol–water partition coefficient (Wildman–Crippen LogP) is 1.59. The average molecular weight is 215 g/mol. The van der Waals surface area contributed by atoms with Crippen LogP contribution >= 0.6 is 0 Å². The maximum Gasteiger partial charge on any atom is 0.338 e. The Balaban J connectivity index is 1.90. The van der Waals surface area contributed by atoms with Crippen LogP contribution < -0.4 is 0 Å². The highest BCUT2D eigenvalue weighted by Gasteiger charge is 2.39. The van der Waals surface area contributed by atoms with E-state index in [2.05, 4.69) is 11.9 Å². The molecule has 14 heavy (non-hydrogen) atoms. The first-order valence-electron chi connectivity index (χ1n) is 5.77. The molecule has 2 aliphatic heterocycles. The molecule has 0 N–H and O–H groups in total. The van der Waals surface area contributed by atoms with Crippen molar-refractivity contribution < 1.29 is 8.85 Å². The lowest BCUT2D eigenvalue weighted by atomic mass is 10.3. The van der Waals surface area contributed by atoms with E-state index >= 15 is 0 Å². The molecule has 2 heterocycles. The van der Waals surface area contributed by atoms with Crippen molar-refractivity contribution in [1.82, 2.24) is 4.90 Å². The third-order valence-electron chi connectivity index (χ3n) is 3.29. The second-order valence-electron chi connectivity index (χ2n) is 4.47. The third-order valence-corrected chi connectivity index (χ3v) is 6.98. The molecular weight excluding hydrogens is 194 g/mol. The Morgan fingerprint density at radius 1 is 0.929 bits per heavy atom. The normalized spacial score (nSPS) is 29.8. The van der Waals surface area contributed by atoms with Gasteiger partial charge in [-0.3, -0.25) is 0 Å². The zero-order chi connectivity index (χ0) is 9.86. The van der Waals surface area contributed by atoms with Crippen LogP contribution in [0.15, 0.2) is 0 Å². The SMILES string of the molecule is CN1CCO[Si]2(CCCCC2)OCC1. The number of nitrogens with zero attached hydrogens (tertiary/aromatic N) is 1. The maximum absolute atomic E-state index is 6.06. The zero-order valence-corrected chi connectivity index (χ0v) is 10.1. The van der Waals surface area contributed by atoms with Gasteiger partial charge in [-0.1, -0.05) is 19.3 Å². The van der Waals surface area contributed by atoms with Gasteiger partial charge in [-0.15, -0.1) is 0 Å². The monoisotopic (exact) mass is 215 g/mol. The molecule has 0 atom stereocenters. The highest BCUT2D eigenvalue weighted by atomic mass is 28.4. The lowest BCUT2D eigenvalue weighted by Crippen LogP contribution is -2.48. The molecule has 0 bridgehead atoms. The van der Waals surface area contributed by atoms with Crippen LogP contribution in [0, 0.1) is 0 Å². The quantitative estimate of drug-likeness (QED) is 0.573. The van der Waals surface area contributed by atoms with Gasteiger partial charge in [0.15, 0.2) is 0 Å². The van der Waals surface area contributed by atoms with Crippen molar-refractivity contribution in [3.63, 3.8) is 0 Å². The molecule has 0 aromatic carbocycles. The second kappa shape index (κ2) is 4.75. The van der Waals surface area contributed by atoms with Crippen LogP contribution in [0.5, 0.6) is 0 Å². The van der Waals surface area contributed by atoms with Gasteiger partial charge in [0.2, 0.25) is 0 Å². The summed E-state index contributed by atoms with van der Waals surface area (Å²) >= 11 is 0. The van der Waals surface area contributed by atoms with Crippen LogP contribution in [-0.2, 0) is 8.85 Å². The van der Waals surface area contributed by atoms with Crippen molar-refractivity contribution >= 4 is 8.56 Å². The fraction of sp³-hybridized carbons (Fsp3) is 1.00. The lowest BCUT2D eigenvalue weighted by molar-refractivity contribution is 0.101. The Morgan fingerprint density at radius 3 is 2.07 bits per heavy atom. The topological polar surface area (TPSA) is 21.7 Å². The van der Waals surface area contributed by atoms with E-state index in [9.17, 15) is 0 Å². The van der Waals surface area contributed by atoms with E-state index in [0.717, 1.165) is 26.3 Å². The van der Waals surface area contributed by atoms with Crippen LogP contribution in [0.3, 0.4) is 0 Å². The number of hydrogen-bond acceptors (Lipinski definition) is 3. The Morgan fingerprint density at radius 2 is 1.50 bits per heavy atom. The molecule has 3 nitrogen and oxygen atoms in total. The smallest absolute Gasteiger partial charge is 0.338 e. The van der Waals surface area contributed by atoms with Crippen molar-refractivity contribution in [3.05, 3.63) is 0 Å². The summed E-state index contributed by atoms with van der Waals surface area (Å²) in [6.07, 6.45) is 4.02. The first kappa shape index (κ1) is 10.6. The highest BCUT2D eigenvalue weighted by molar-refractivity contribution is 6.67. The highest BCUT2D eigenvalue weighted by Crippen LogP contribution is 2.30. The largest absolute Gasteiger partial charge is 0.393 e. The maximum atomic E-state index is 6.06. The van der Waals surface area contributed by atoms with Crippen LogP contribution in [0.1, 0.15) is 19.3 Å². The summed E-state index contributed by atoms with van der Waals surface area (Å²) in [6.45, 7) is 3.89. The molecule has 0 aromatic heterocycles. The third kappa shape index (κ3) is 2.57. The minimum atomic E-state index is -1.71. The minimum absolute atomic E-state index is 0.878. The minimum Gasteiger partial charge on any atom is -0.393 e. The second-order valence-corrected chi connectivity index (χ2v) is 7.87. The van der Waals surface area contributed by atoms with E-state index in [1.165, 1.54) is 31.4 Å². The van der Waals surface area contributed by atoms with E-state index in [0.29, 0.717) is 0 Å². The molecule has 4 heteroatoms. The molecular formula is C10H21NO2Si. The standard InChI is InChI=1S/C10H21NO2Si/c1-11-5-7-12-14(13-8-6-11)9-3-2-4-10-14/h2-10H2,1H3. The molecule has 1 spiro atoms. The summed E-state index contributed by atoms with van der Waals surface area (Å²) < 4.78 is 12.1. The van der Waals surface area contributed by atoms with Gasteiger partial charge in [-0.2, -0.15) is 0 Å². The molecule has 0 amide bonds. The van der Waals surface area contributed by atoms with Crippen molar-refractivity contribution in [2.45, 2.75) is 31.4 Å². The predicted molar refractivity (Wildman–Crippen MR) is 58.6 cm³/mol. The van der Waals surface area contributed by atoms with Gasteiger partial charge in [0.25, 0.3) is 0 Å². The summed E-state index contributed by atoms with van der Waals surface area (Å²) in [6, 6.07) is 2.47. The van der Waals surface area contributed by atoms with Crippen LogP contribution in [0.4, 0.5) is 0 Å². The van der Waals surface area contributed by atoms with Crippen LogP contribution in [-0.4, -0.2) is 46.8 Å². The summed E-state index contributed by atoms with van der Waals surface area (Å²) in [5.74, 6) is 0. The van der Waals surface area contributed by atoms with Crippen molar-refractivity contribution in [2.24, 2.45) is 0 Å². The van der Waals surface area contributed by atoms with Gasteiger partial charge in [-0.05, 0) is 19.1 Å². The van der Waals surface area contributed by atoms with Crippen molar-refractivity contribution in [2.75, 3.05) is 33.4 Å². The Hall–Kier alpha value is 0.0969. The summed E-state index contributed by atoms with van der Waals surface area (Å²) in [7, 11) is 0.423. The van der Waals surface area contributed by atoms with Gasteiger partial charge in [0, 0.05) is 26.3 Å². The number of rotatable bonds is 0. The Kier molecular flexibility index (Phi) is 3.60. The fourth-order valence-corrected chi connectivity index (χ4v) is 5.72. The van der Waals surface area contributed by atoms with Crippen LogP contribution in [0.2, 0.25) is 12.1 Å². The Bertz CT molecular complexity index is 171. The summed E-state index contributed by atoms with van der Waals surface area (Å²) in [5, 5.41) is 0. The van der Waals surface area contributed by atoms with Gasteiger partial charge in [-0.25, -0.2) is 0 Å². The number of hydrogen-bond donors (Lipinski definition) is 0. The van der Waals surface area contributed by atoms with Crippen molar-refractivity contribution in [3.8, 4) is 0 Å². The molecule has 2 saturated heterocycles. The molecule has 2 aliphatic rings. The molecule has 0 saturated carbocycles. The van der Waals surface area contributed by atoms with Gasteiger partial charge >= 0.3 is 8.56 Å². The van der Waals surface area contributed by atoms with E-state index in [4.69, 9.17) is 8.85 Å². The zero-order valence-electron chi connectivity index (χ0n) is 9.13. The Labute approximate surface area is 87.6 Å². The van der Waals surface area contributed by atoms with E-state index < -0.39 is 8.56 Å². The summed E-state index contributed by atoms with van der Waals surface area (Å²) in [4.78, 5) is 2.28. The van der Waals surface area contributed by atoms with E-state index in [-0.39, 0.29) is 0 Å². The first-order valence-corrected chi connectivity index (χ1v) is 8.00. The molecule has 0 aromatic rings. The van der Waals surface area contributed by atoms with Crippen LogP contribution in [0.25, 0.3) is 0 Å². The summed E-state index contributed by atoms with van der Waals surface area (Å²) in [5.41, 5.74) is 0. The van der Waals surface area contributed by atoms with E-state index in [1.807, 2.05) is 0 Å². The fourth-order valence-electron chi connectivity index (χ4n) is 2.31. The van der Waals surface area contributed by atoms with E-state index in [1.54, 1.807) is 0 Å². The lowest BCUT2D eigenvalue weighted by Gasteiger charge is -2.36. The molecule has 82 valence electrons. The number of likely N-dealkylation sites (N-methyl/N-ethyl adjacent to an activating group) is 1.